The predicted molar refractivity (Wildman–Crippen MR) is 101 cm³/mol. The van der Waals surface area contributed by atoms with Crippen molar-refractivity contribution >= 4 is 11.8 Å². The van der Waals surface area contributed by atoms with Crippen molar-refractivity contribution in [3.05, 3.63) is 53.9 Å². The van der Waals surface area contributed by atoms with Crippen LogP contribution in [0.2, 0.25) is 0 Å². The number of hydrogen-bond acceptors (Lipinski definition) is 4. The van der Waals surface area contributed by atoms with E-state index >= 15 is 0 Å². The van der Waals surface area contributed by atoms with Crippen molar-refractivity contribution in [2.45, 2.75) is 25.4 Å². The Morgan fingerprint density at radius 2 is 1.85 bits per heavy atom. The smallest absolute Gasteiger partial charge is 0.271 e. The lowest BCUT2D eigenvalue weighted by atomic mass is 10.0. The third kappa shape index (κ3) is 3.88. The summed E-state index contributed by atoms with van der Waals surface area (Å²) in [5, 5.41) is 6.58. The number of carbonyl (C=O) groups excluding carboxylic acids is 2. The molecule has 27 heavy (non-hydrogen) atoms. The molecule has 2 aromatic rings. The minimum Gasteiger partial charge on any atom is -0.337 e. The summed E-state index contributed by atoms with van der Waals surface area (Å²) < 4.78 is 0. The molecule has 2 saturated heterocycles. The van der Waals surface area contributed by atoms with Crippen molar-refractivity contribution < 1.29 is 9.59 Å². The molecule has 0 saturated carbocycles. The Kier molecular flexibility index (Phi) is 5.20. The topological polar surface area (TPSA) is 72.5 Å². The van der Waals surface area contributed by atoms with Gasteiger partial charge in [0.1, 0.15) is 5.69 Å². The number of piperidine rings is 1. The minimum atomic E-state index is -0.0631. The number of aromatic amines is 1. The van der Waals surface area contributed by atoms with Crippen LogP contribution in [0.4, 0.5) is 0 Å². The Morgan fingerprint density at radius 3 is 2.56 bits per heavy atom. The van der Waals surface area contributed by atoms with Crippen molar-refractivity contribution in [1.29, 1.82) is 0 Å². The van der Waals surface area contributed by atoms with E-state index in [1.807, 2.05) is 28.0 Å². The zero-order valence-corrected chi connectivity index (χ0v) is 15.4. The second-order valence-electron chi connectivity index (χ2n) is 7.20. The van der Waals surface area contributed by atoms with Crippen LogP contribution in [0.5, 0.6) is 0 Å². The number of nitrogens with one attached hydrogen (secondary N) is 1. The van der Waals surface area contributed by atoms with E-state index in [1.54, 1.807) is 12.3 Å². The van der Waals surface area contributed by atoms with E-state index in [-0.39, 0.29) is 17.9 Å². The first-order valence-corrected chi connectivity index (χ1v) is 9.58. The molecule has 3 heterocycles. The van der Waals surface area contributed by atoms with Crippen LogP contribution in [0.3, 0.4) is 0 Å². The number of hydrogen-bond donors (Lipinski definition) is 1. The fourth-order valence-corrected chi connectivity index (χ4v) is 4.00. The van der Waals surface area contributed by atoms with E-state index in [4.69, 9.17) is 0 Å². The van der Waals surface area contributed by atoms with Gasteiger partial charge in [-0.2, -0.15) is 5.10 Å². The van der Waals surface area contributed by atoms with Crippen molar-refractivity contribution in [2.75, 3.05) is 32.7 Å². The lowest BCUT2D eigenvalue weighted by Crippen LogP contribution is -2.58. The first-order chi connectivity index (χ1) is 13.2. The molecule has 142 valence electrons. The summed E-state index contributed by atoms with van der Waals surface area (Å²) in [6.07, 6.45) is 3.51. The molecule has 1 aromatic heterocycles. The first kappa shape index (κ1) is 17.7. The molecule has 2 aliphatic rings. The van der Waals surface area contributed by atoms with Gasteiger partial charge in [0.15, 0.2) is 0 Å². The van der Waals surface area contributed by atoms with Gasteiger partial charge in [-0.15, -0.1) is 0 Å². The van der Waals surface area contributed by atoms with Crippen LogP contribution < -0.4 is 0 Å². The van der Waals surface area contributed by atoms with Gasteiger partial charge in [0, 0.05) is 45.5 Å². The van der Waals surface area contributed by atoms with Gasteiger partial charge in [0.2, 0.25) is 5.91 Å². The summed E-state index contributed by atoms with van der Waals surface area (Å²) >= 11 is 0. The lowest BCUT2D eigenvalue weighted by Gasteiger charge is -2.42. The van der Waals surface area contributed by atoms with Crippen LogP contribution in [0, 0.1) is 0 Å². The molecule has 7 nitrogen and oxygen atoms in total. The van der Waals surface area contributed by atoms with Crippen molar-refractivity contribution in [3.63, 3.8) is 0 Å². The lowest BCUT2D eigenvalue weighted by molar-refractivity contribution is -0.141. The number of amides is 2. The fraction of sp³-hybridized carbons (Fsp3) is 0.450. The Bertz CT molecular complexity index is 769. The van der Waals surface area contributed by atoms with Crippen LogP contribution >= 0.6 is 0 Å². The molecule has 0 bridgehead atoms. The number of likely N-dealkylation sites (tertiary alicyclic amines) is 1. The number of nitrogens with zero attached hydrogens (tertiary/aromatic N) is 4. The first-order valence-electron chi connectivity index (χ1n) is 9.58. The van der Waals surface area contributed by atoms with Gasteiger partial charge in [-0.1, -0.05) is 30.3 Å². The monoisotopic (exact) mass is 367 g/mol. The summed E-state index contributed by atoms with van der Waals surface area (Å²) in [6.45, 7) is 4.24. The molecule has 2 aliphatic heterocycles. The largest absolute Gasteiger partial charge is 0.337 e. The average molecular weight is 367 g/mol. The second-order valence-corrected chi connectivity index (χ2v) is 7.20. The van der Waals surface area contributed by atoms with Gasteiger partial charge in [0.05, 0.1) is 6.04 Å². The van der Waals surface area contributed by atoms with Gasteiger partial charge in [-0.05, 0) is 24.5 Å². The third-order valence-corrected chi connectivity index (χ3v) is 5.49. The molecule has 0 unspecified atom stereocenters. The highest BCUT2D eigenvalue weighted by molar-refractivity contribution is 5.92. The molecule has 0 aliphatic carbocycles. The summed E-state index contributed by atoms with van der Waals surface area (Å²) in [5.74, 6) is 0.200. The molecule has 0 spiro atoms. The van der Waals surface area contributed by atoms with E-state index in [1.165, 1.54) is 5.56 Å². The van der Waals surface area contributed by atoms with Gasteiger partial charge < -0.3 is 9.80 Å². The number of rotatable bonds is 4. The van der Waals surface area contributed by atoms with Gasteiger partial charge >= 0.3 is 0 Å². The summed E-state index contributed by atoms with van der Waals surface area (Å²) in [7, 11) is 0. The Labute approximate surface area is 158 Å². The quantitative estimate of drug-likeness (QED) is 0.886. The maximum Gasteiger partial charge on any atom is 0.271 e. The second kappa shape index (κ2) is 7.92. The van der Waals surface area contributed by atoms with Crippen molar-refractivity contribution in [3.8, 4) is 0 Å². The summed E-state index contributed by atoms with van der Waals surface area (Å²) in [5.41, 5.74) is 1.69. The molecule has 1 atom stereocenters. The predicted octanol–water partition coefficient (Wildman–Crippen LogP) is 1.36. The molecule has 0 radical (unpaired) electrons. The van der Waals surface area contributed by atoms with E-state index < -0.39 is 0 Å². The molecule has 7 heteroatoms. The Hall–Kier alpha value is -2.67. The maximum absolute atomic E-state index is 13.0. The van der Waals surface area contributed by atoms with Crippen molar-refractivity contribution in [1.82, 2.24) is 24.9 Å². The van der Waals surface area contributed by atoms with Crippen LogP contribution in [-0.2, 0) is 11.3 Å². The zero-order chi connectivity index (χ0) is 18.6. The summed E-state index contributed by atoms with van der Waals surface area (Å²) in [4.78, 5) is 31.5. The van der Waals surface area contributed by atoms with Crippen LogP contribution in [0.25, 0.3) is 0 Å². The molecular formula is C20H25N5O2. The van der Waals surface area contributed by atoms with Gasteiger partial charge in [-0.3, -0.25) is 19.6 Å². The van der Waals surface area contributed by atoms with E-state index in [0.29, 0.717) is 25.3 Å². The number of aromatic nitrogens is 2. The molecule has 2 fully saturated rings. The fourth-order valence-electron chi connectivity index (χ4n) is 4.00. The number of piperazine rings is 1. The Morgan fingerprint density at radius 1 is 1.07 bits per heavy atom. The summed E-state index contributed by atoms with van der Waals surface area (Å²) in [6, 6.07) is 11.8. The van der Waals surface area contributed by atoms with Gasteiger partial charge in [-0.25, -0.2) is 0 Å². The molecule has 2 amide bonds. The van der Waals surface area contributed by atoms with Crippen LogP contribution in [-0.4, -0.2) is 75.5 Å². The Balaban J connectivity index is 1.35. The zero-order valence-electron chi connectivity index (χ0n) is 15.4. The highest BCUT2D eigenvalue weighted by atomic mass is 16.2. The van der Waals surface area contributed by atoms with Crippen molar-refractivity contribution in [2.24, 2.45) is 0 Å². The molecule has 4 rings (SSSR count). The molecular weight excluding hydrogens is 342 g/mol. The highest BCUT2D eigenvalue weighted by Crippen LogP contribution is 2.21. The third-order valence-electron chi connectivity index (χ3n) is 5.49. The number of benzene rings is 1. The highest BCUT2D eigenvalue weighted by Gasteiger charge is 2.35. The van der Waals surface area contributed by atoms with E-state index in [0.717, 1.165) is 32.5 Å². The SMILES string of the molecule is O=C(c1ccn[nH]1)N1CCN([C@@H]2CCCN(Cc3ccccc3)C2=O)CC1. The maximum atomic E-state index is 13.0. The van der Waals surface area contributed by atoms with Crippen LogP contribution in [0.15, 0.2) is 42.6 Å². The van der Waals surface area contributed by atoms with E-state index in [2.05, 4.69) is 27.2 Å². The standard InChI is InChI=1S/C20H25N5O2/c26-19(17-8-9-21-22-17)24-13-11-23(12-14-24)18-7-4-10-25(20(18)27)15-16-5-2-1-3-6-16/h1-3,5-6,8-9,18H,4,7,10-15H2,(H,21,22)/t18-/m1/s1. The number of carbonyl (C=O) groups is 2. The van der Waals surface area contributed by atoms with Crippen LogP contribution in [0.1, 0.15) is 28.9 Å². The van der Waals surface area contributed by atoms with Gasteiger partial charge in [0.25, 0.3) is 5.91 Å². The van der Waals surface area contributed by atoms with E-state index in [9.17, 15) is 9.59 Å². The minimum absolute atomic E-state index is 0.0205. The molecule has 1 aromatic carbocycles. The normalized spacial score (nSPS) is 21.5. The molecule has 1 N–H and O–H groups in total. The number of H-pyrrole nitrogens is 1. The average Bonchev–Trinajstić information content (AvgIpc) is 3.25.